The van der Waals surface area contributed by atoms with E-state index in [9.17, 15) is 13.2 Å². The fourth-order valence-corrected chi connectivity index (χ4v) is 4.29. The van der Waals surface area contributed by atoms with Crippen molar-refractivity contribution in [1.29, 1.82) is 0 Å². The molecule has 0 bridgehead atoms. The van der Waals surface area contributed by atoms with Gasteiger partial charge in [-0.15, -0.1) is 0 Å². The summed E-state index contributed by atoms with van der Waals surface area (Å²) in [6.45, 7) is 4.19. The predicted octanol–water partition coefficient (Wildman–Crippen LogP) is 8.68. The van der Waals surface area contributed by atoms with Crippen molar-refractivity contribution in [3.8, 4) is 28.0 Å². The van der Waals surface area contributed by atoms with Crippen LogP contribution >= 0.6 is 0 Å². The van der Waals surface area contributed by atoms with E-state index in [2.05, 4.69) is 19.1 Å². The topological polar surface area (TPSA) is 9.23 Å². The Morgan fingerprint density at radius 2 is 1.44 bits per heavy atom. The Bertz CT molecular complexity index is 1090. The van der Waals surface area contributed by atoms with Gasteiger partial charge in [0.15, 0.2) is 11.6 Å². The average molecular weight is 439 g/mol. The Balaban J connectivity index is 1.67. The molecule has 0 atom stereocenters. The van der Waals surface area contributed by atoms with Crippen molar-refractivity contribution in [1.82, 2.24) is 0 Å². The summed E-state index contributed by atoms with van der Waals surface area (Å²) in [6.07, 6.45) is 3.15. The van der Waals surface area contributed by atoms with Crippen LogP contribution in [0, 0.1) is 5.82 Å². The minimum atomic E-state index is -3.59. The SMILES string of the molecule is CCCCCc1ccc(-c2ccc3c(c2)C(F)(F)Oc2c-3ccc(CCCC)c2F)cc1. The lowest BCUT2D eigenvalue weighted by molar-refractivity contribution is -0.188. The van der Waals surface area contributed by atoms with Gasteiger partial charge < -0.3 is 4.74 Å². The van der Waals surface area contributed by atoms with Crippen molar-refractivity contribution in [3.05, 3.63) is 77.1 Å². The van der Waals surface area contributed by atoms with Crippen molar-refractivity contribution in [2.45, 2.75) is 64.9 Å². The molecular weight excluding hydrogens is 409 g/mol. The summed E-state index contributed by atoms with van der Waals surface area (Å²) in [5.74, 6) is -1.02. The molecule has 1 nitrogen and oxygen atoms in total. The normalized spacial score (nSPS) is 13.9. The van der Waals surface area contributed by atoms with Crippen LogP contribution in [0.3, 0.4) is 0 Å². The summed E-state index contributed by atoms with van der Waals surface area (Å²) in [7, 11) is 0. The van der Waals surface area contributed by atoms with Crippen molar-refractivity contribution < 1.29 is 17.9 Å². The molecule has 0 N–H and O–H groups in total. The van der Waals surface area contributed by atoms with E-state index in [1.54, 1.807) is 18.2 Å². The maximum atomic E-state index is 15.0. The van der Waals surface area contributed by atoms with Gasteiger partial charge in [-0.3, -0.25) is 0 Å². The molecule has 0 aromatic heterocycles. The van der Waals surface area contributed by atoms with Gasteiger partial charge >= 0.3 is 6.11 Å². The van der Waals surface area contributed by atoms with Crippen LogP contribution in [-0.4, -0.2) is 0 Å². The fourth-order valence-electron chi connectivity index (χ4n) is 4.29. The van der Waals surface area contributed by atoms with Crippen LogP contribution in [-0.2, 0) is 19.0 Å². The summed E-state index contributed by atoms with van der Waals surface area (Å²) in [5.41, 5.74) is 3.69. The molecule has 1 aliphatic heterocycles. The molecule has 4 heteroatoms. The Hall–Kier alpha value is -2.75. The van der Waals surface area contributed by atoms with Crippen LogP contribution in [0.2, 0.25) is 0 Å². The number of rotatable bonds is 8. The smallest absolute Gasteiger partial charge is 0.425 e. The van der Waals surface area contributed by atoms with Gasteiger partial charge in [0.1, 0.15) is 0 Å². The molecule has 1 heterocycles. The molecule has 0 saturated heterocycles. The van der Waals surface area contributed by atoms with Crippen LogP contribution in [0.4, 0.5) is 13.2 Å². The van der Waals surface area contributed by atoms with Gasteiger partial charge in [0.2, 0.25) is 0 Å². The van der Waals surface area contributed by atoms with Gasteiger partial charge in [-0.1, -0.05) is 81.6 Å². The third-order valence-electron chi connectivity index (χ3n) is 6.19. The number of unbranched alkanes of at least 4 members (excludes halogenated alkanes) is 3. The second-order valence-corrected chi connectivity index (χ2v) is 8.55. The van der Waals surface area contributed by atoms with Crippen molar-refractivity contribution in [2.24, 2.45) is 0 Å². The first-order valence-corrected chi connectivity index (χ1v) is 11.6. The van der Waals surface area contributed by atoms with Gasteiger partial charge in [-0.2, -0.15) is 8.78 Å². The Kier molecular flexibility index (Phi) is 6.59. The molecule has 0 fully saturated rings. The number of alkyl halides is 2. The van der Waals surface area contributed by atoms with E-state index >= 15 is 0 Å². The molecular formula is C28H29F3O. The molecule has 168 valence electrons. The molecule has 32 heavy (non-hydrogen) atoms. The van der Waals surface area contributed by atoms with Crippen LogP contribution in [0.5, 0.6) is 5.75 Å². The van der Waals surface area contributed by atoms with E-state index in [-0.39, 0.29) is 11.3 Å². The lowest BCUT2D eigenvalue weighted by Gasteiger charge is -2.29. The largest absolute Gasteiger partial charge is 0.427 e. The van der Waals surface area contributed by atoms with Gasteiger partial charge in [-0.25, -0.2) is 4.39 Å². The van der Waals surface area contributed by atoms with Gasteiger partial charge in [0.05, 0.1) is 5.56 Å². The first kappa shape index (κ1) is 22.4. The van der Waals surface area contributed by atoms with Crippen LogP contribution in [0.25, 0.3) is 22.3 Å². The number of hydrogen-bond acceptors (Lipinski definition) is 1. The highest BCUT2D eigenvalue weighted by molar-refractivity contribution is 5.80. The Morgan fingerprint density at radius 3 is 2.16 bits per heavy atom. The molecule has 0 aliphatic carbocycles. The van der Waals surface area contributed by atoms with Gasteiger partial charge in [-0.05, 0) is 59.6 Å². The molecule has 4 rings (SSSR count). The van der Waals surface area contributed by atoms with E-state index in [1.165, 1.54) is 24.5 Å². The van der Waals surface area contributed by atoms with Crippen molar-refractivity contribution in [2.75, 3.05) is 0 Å². The predicted molar refractivity (Wildman–Crippen MR) is 124 cm³/mol. The highest BCUT2D eigenvalue weighted by Gasteiger charge is 2.43. The van der Waals surface area contributed by atoms with E-state index in [1.807, 2.05) is 25.1 Å². The lowest BCUT2D eigenvalue weighted by atomic mass is 9.90. The first-order chi connectivity index (χ1) is 15.4. The Labute approximate surface area is 188 Å². The summed E-state index contributed by atoms with van der Waals surface area (Å²) in [6, 6.07) is 16.4. The molecule has 0 radical (unpaired) electrons. The molecule has 0 amide bonds. The monoisotopic (exact) mass is 438 g/mol. The zero-order valence-corrected chi connectivity index (χ0v) is 18.7. The first-order valence-electron chi connectivity index (χ1n) is 11.6. The average Bonchev–Trinajstić information content (AvgIpc) is 2.79. The second kappa shape index (κ2) is 9.40. The van der Waals surface area contributed by atoms with Gasteiger partial charge in [0.25, 0.3) is 0 Å². The van der Waals surface area contributed by atoms with E-state index in [0.29, 0.717) is 28.7 Å². The Morgan fingerprint density at radius 1 is 0.750 bits per heavy atom. The quantitative estimate of drug-likeness (QED) is 0.320. The lowest BCUT2D eigenvalue weighted by Crippen LogP contribution is -2.27. The van der Waals surface area contributed by atoms with Gasteiger partial charge in [0, 0.05) is 5.56 Å². The van der Waals surface area contributed by atoms with E-state index in [4.69, 9.17) is 4.74 Å². The molecule has 3 aromatic carbocycles. The maximum Gasteiger partial charge on any atom is 0.427 e. The van der Waals surface area contributed by atoms with E-state index < -0.39 is 11.9 Å². The number of fused-ring (bicyclic) bond motifs is 3. The molecule has 0 spiro atoms. The number of hydrogen-bond donors (Lipinski definition) is 0. The number of halogens is 3. The number of benzene rings is 3. The maximum absolute atomic E-state index is 15.0. The van der Waals surface area contributed by atoms with Crippen LogP contribution in [0.15, 0.2) is 54.6 Å². The zero-order chi connectivity index (χ0) is 22.7. The minimum Gasteiger partial charge on any atom is -0.425 e. The second-order valence-electron chi connectivity index (χ2n) is 8.55. The number of ether oxygens (including phenoxy) is 1. The summed E-state index contributed by atoms with van der Waals surface area (Å²) in [5, 5.41) is 0. The standard InChI is InChI=1S/C28H29F3O/c1-3-5-7-8-19-10-12-20(13-11-19)22-15-16-23-24-17-14-21(9-6-4-2)26(29)27(24)32-28(30,31)25(23)18-22/h10-18H,3-9H2,1-2H3. The summed E-state index contributed by atoms with van der Waals surface area (Å²) >= 11 is 0. The summed E-state index contributed by atoms with van der Waals surface area (Å²) < 4.78 is 49.9. The highest BCUT2D eigenvalue weighted by Crippen LogP contribution is 2.49. The fraction of sp³-hybridized carbons (Fsp3) is 0.357. The zero-order valence-electron chi connectivity index (χ0n) is 18.7. The van der Waals surface area contributed by atoms with Crippen molar-refractivity contribution >= 4 is 0 Å². The van der Waals surface area contributed by atoms with Crippen LogP contribution in [0.1, 0.15) is 62.6 Å². The van der Waals surface area contributed by atoms with Crippen LogP contribution < -0.4 is 4.74 Å². The molecule has 3 aromatic rings. The minimum absolute atomic E-state index is 0.227. The molecule has 0 unspecified atom stereocenters. The summed E-state index contributed by atoms with van der Waals surface area (Å²) in [4.78, 5) is 0. The third-order valence-corrected chi connectivity index (χ3v) is 6.19. The third kappa shape index (κ3) is 4.41. The molecule has 0 saturated carbocycles. The molecule has 1 aliphatic rings. The highest BCUT2D eigenvalue weighted by atomic mass is 19.3. The number of aryl methyl sites for hydroxylation is 2. The van der Waals surface area contributed by atoms with E-state index in [0.717, 1.165) is 31.2 Å². The van der Waals surface area contributed by atoms with Crippen molar-refractivity contribution in [3.63, 3.8) is 0 Å².